The van der Waals surface area contributed by atoms with Crippen LogP contribution >= 0.6 is 27.3 Å². The van der Waals surface area contributed by atoms with E-state index >= 15 is 0 Å². The molecule has 0 saturated heterocycles. The fraction of sp³-hybridized carbons (Fsp3) is 0.286. The Bertz CT molecular complexity index is 711. The summed E-state index contributed by atoms with van der Waals surface area (Å²) in [4.78, 5) is 1.38. The van der Waals surface area contributed by atoms with Gasteiger partial charge in [-0.1, -0.05) is 12.1 Å². The quantitative estimate of drug-likeness (QED) is 0.821. The highest BCUT2D eigenvalue weighted by atomic mass is 79.9. The Morgan fingerprint density at radius 3 is 2.29 bits per heavy atom. The van der Waals surface area contributed by atoms with Gasteiger partial charge in [0.15, 0.2) is 0 Å². The van der Waals surface area contributed by atoms with Crippen LogP contribution in [-0.4, -0.2) is 8.42 Å². The smallest absolute Gasteiger partial charge is 0.238 e. The van der Waals surface area contributed by atoms with E-state index in [-0.39, 0.29) is 17.0 Å². The molecule has 2 unspecified atom stereocenters. The third kappa shape index (κ3) is 4.37. The number of nitrogens with two attached hydrogens (primary N) is 1. The predicted molar refractivity (Wildman–Crippen MR) is 89.8 cm³/mol. The molecule has 4 nitrogen and oxygen atoms in total. The van der Waals surface area contributed by atoms with E-state index in [2.05, 4.69) is 39.6 Å². The Hall–Kier alpha value is -0.730. The Morgan fingerprint density at radius 1 is 1.19 bits per heavy atom. The second kappa shape index (κ2) is 6.58. The number of nitrogens with one attached hydrogen (secondary N) is 1. The van der Waals surface area contributed by atoms with E-state index in [1.54, 1.807) is 23.5 Å². The fourth-order valence-electron chi connectivity index (χ4n) is 2.05. The Kier molecular flexibility index (Phi) is 5.21. The van der Waals surface area contributed by atoms with Gasteiger partial charge < -0.3 is 5.32 Å². The highest BCUT2D eigenvalue weighted by Crippen LogP contribution is 2.27. The molecule has 1 heterocycles. The molecule has 2 atom stereocenters. The molecule has 3 N–H and O–H groups in total. The molecule has 21 heavy (non-hydrogen) atoms. The molecule has 0 aliphatic carbocycles. The third-order valence-electron chi connectivity index (χ3n) is 3.22. The maximum Gasteiger partial charge on any atom is 0.238 e. The number of benzene rings is 1. The number of rotatable bonds is 5. The summed E-state index contributed by atoms with van der Waals surface area (Å²) in [5.41, 5.74) is 1.02. The minimum Gasteiger partial charge on any atom is -0.303 e. The van der Waals surface area contributed by atoms with Crippen LogP contribution in [0.4, 0.5) is 0 Å². The Balaban J connectivity index is 2.08. The van der Waals surface area contributed by atoms with Crippen LogP contribution in [0.15, 0.2) is 45.1 Å². The maximum absolute atomic E-state index is 11.2. The number of thiophene rings is 1. The monoisotopic (exact) mass is 388 g/mol. The van der Waals surface area contributed by atoms with Crippen molar-refractivity contribution in [3.05, 3.63) is 50.6 Å². The number of hydrogen-bond acceptors (Lipinski definition) is 4. The van der Waals surface area contributed by atoms with Gasteiger partial charge in [-0.05, 0) is 53.5 Å². The van der Waals surface area contributed by atoms with Crippen LogP contribution in [0, 0.1) is 0 Å². The molecule has 2 rings (SSSR count). The van der Waals surface area contributed by atoms with Gasteiger partial charge in [-0.25, -0.2) is 13.6 Å². The molecule has 0 aliphatic heterocycles. The Morgan fingerprint density at radius 2 is 1.81 bits per heavy atom. The number of sulfonamides is 1. The van der Waals surface area contributed by atoms with Gasteiger partial charge in [0.25, 0.3) is 0 Å². The minimum atomic E-state index is -3.63. The minimum absolute atomic E-state index is 0.107. The second-order valence-corrected chi connectivity index (χ2v) is 8.31. The molecule has 0 bridgehead atoms. The van der Waals surface area contributed by atoms with Crippen LogP contribution in [0.3, 0.4) is 0 Å². The van der Waals surface area contributed by atoms with Crippen molar-refractivity contribution in [2.45, 2.75) is 30.8 Å². The maximum atomic E-state index is 11.2. The highest BCUT2D eigenvalue weighted by molar-refractivity contribution is 9.10. The van der Waals surface area contributed by atoms with Crippen molar-refractivity contribution >= 4 is 37.3 Å². The molecule has 2 aromatic rings. The van der Waals surface area contributed by atoms with Crippen molar-refractivity contribution in [2.24, 2.45) is 5.14 Å². The highest BCUT2D eigenvalue weighted by Gasteiger charge is 2.14. The zero-order valence-corrected chi connectivity index (χ0v) is 14.9. The SMILES string of the molecule is CC(NC(C)c1cc(Br)cs1)c1ccc(S(N)(=O)=O)cc1. The molecular weight excluding hydrogens is 372 g/mol. The zero-order valence-electron chi connectivity index (χ0n) is 11.7. The van der Waals surface area contributed by atoms with Crippen molar-refractivity contribution in [3.63, 3.8) is 0 Å². The molecule has 0 fully saturated rings. The predicted octanol–water partition coefficient (Wildman–Crippen LogP) is 3.57. The van der Waals surface area contributed by atoms with Crippen LogP contribution in [0.2, 0.25) is 0 Å². The van der Waals surface area contributed by atoms with E-state index in [1.165, 1.54) is 17.0 Å². The van der Waals surface area contributed by atoms with Gasteiger partial charge >= 0.3 is 0 Å². The van der Waals surface area contributed by atoms with E-state index in [0.29, 0.717) is 0 Å². The van der Waals surface area contributed by atoms with Crippen LogP contribution in [0.5, 0.6) is 0 Å². The molecule has 0 amide bonds. The molecule has 1 aromatic heterocycles. The zero-order chi connectivity index (χ0) is 15.6. The Labute approximate surface area is 137 Å². The van der Waals surface area contributed by atoms with Gasteiger partial charge in [-0.15, -0.1) is 11.3 Å². The average molecular weight is 389 g/mol. The molecule has 0 saturated carbocycles. The lowest BCUT2D eigenvalue weighted by molar-refractivity contribution is 0.500. The van der Waals surface area contributed by atoms with E-state index < -0.39 is 10.0 Å². The first-order valence-electron chi connectivity index (χ1n) is 6.40. The summed E-state index contributed by atoms with van der Waals surface area (Å²) in [6.07, 6.45) is 0. The summed E-state index contributed by atoms with van der Waals surface area (Å²) in [6.45, 7) is 4.15. The molecule has 0 spiro atoms. The van der Waals surface area contributed by atoms with Crippen LogP contribution in [0.25, 0.3) is 0 Å². The molecular formula is C14H17BrN2O2S2. The van der Waals surface area contributed by atoms with Crippen molar-refractivity contribution in [1.82, 2.24) is 5.32 Å². The first-order valence-corrected chi connectivity index (χ1v) is 9.62. The number of halogens is 1. The number of primary sulfonamides is 1. The number of hydrogen-bond donors (Lipinski definition) is 2. The van der Waals surface area contributed by atoms with Gasteiger partial charge in [0.05, 0.1) is 4.90 Å². The fourth-order valence-corrected chi connectivity index (χ4v) is 4.03. The van der Waals surface area contributed by atoms with Crippen LogP contribution in [-0.2, 0) is 10.0 Å². The van der Waals surface area contributed by atoms with Crippen LogP contribution in [0.1, 0.15) is 36.4 Å². The molecule has 114 valence electrons. The first kappa shape index (κ1) is 16.6. The van der Waals surface area contributed by atoms with Crippen LogP contribution < -0.4 is 10.5 Å². The molecule has 0 aliphatic rings. The largest absolute Gasteiger partial charge is 0.303 e. The van der Waals surface area contributed by atoms with Crippen molar-refractivity contribution in [3.8, 4) is 0 Å². The van der Waals surface area contributed by atoms with E-state index in [0.717, 1.165) is 10.0 Å². The lowest BCUT2D eigenvalue weighted by atomic mass is 10.1. The normalized spacial score (nSPS) is 14.9. The molecule has 1 aromatic carbocycles. The summed E-state index contributed by atoms with van der Waals surface area (Å²) in [5, 5.41) is 10.6. The molecule has 7 heteroatoms. The topological polar surface area (TPSA) is 72.2 Å². The van der Waals surface area contributed by atoms with Gasteiger partial charge in [-0.2, -0.15) is 0 Å². The average Bonchev–Trinajstić information content (AvgIpc) is 2.84. The van der Waals surface area contributed by atoms with E-state index in [4.69, 9.17) is 5.14 Å². The lowest BCUT2D eigenvalue weighted by Crippen LogP contribution is -2.22. The summed E-state index contributed by atoms with van der Waals surface area (Å²) >= 11 is 5.15. The van der Waals surface area contributed by atoms with Gasteiger partial charge in [-0.3, -0.25) is 0 Å². The van der Waals surface area contributed by atoms with Gasteiger partial charge in [0, 0.05) is 26.8 Å². The van der Waals surface area contributed by atoms with Gasteiger partial charge in [0.2, 0.25) is 10.0 Å². The standard InChI is InChI=1S/C14H17BrN2O2S2/c1-9(17-10(2)14-7-12(15)8-20-14)11-3-5-13(6-4-11)21(16,18)19/h3-10,17H,1-2H3,(H2,16,18,19). The van der Waals surface area contributed by atoms with E-state index in [9.17, 15) is 8.42 Å². The molecule has 0 radical (unpaired) electrons. The summed E-state index contributed by atoms with van der Waals surface area (Å²) in [6, 6.07) is 9.07. The summed E-state index contributed by atoms with van der Waals surface area (Å²) < 4.78 is 23.6. The van der Waals surface area contributed by atoms with E-state index in [1.807, 2.05) is 6.92 Å². The van der Waals surface area contributed by atoms with Gasteiger partial charge in [0.1, 0.15) is 0 Å². The first-order chi connectivity index (χ1) is 9.77. The van der Waals surface area contributed by atoms with Crippen molar-refractivity contribution in [2.75, 3.05) is 0 Å². The second-order valence-electron chi connectivity index (χ2n) is 4.89. The van der Waals surface area contributed by atoms with Crippen molar-refractivity contribution in [1.29, 1.82) is 0 Å². The lowest BCUT2D eigenvalue weighted by Gasteiger charge is -2.19. The summed E-state index contributed by atoms with van der Waals surface area (Å²) in [5.74, 6) is 0. The summed E-state index contributed by atoms with van der Waals surface area (Å²) in [7, 11) is -3.63. The van der Waals surface area contributed by atoms with Crippen molar-refractivity contribution < 1.29 is 8.42 Å². The third-order valence-corrected chi connectivity index (χ3v) is 6.03.